The first kappa shape index (κ1) is 55.7. The van der Waals surface area contributed by atoms with Crippen molar-refractivity contribution in [2.75, 3.05) is 7.11 Å². The highest BCUT2D eigenvalue weighted by molar-refractivity contribution is 5.70. The molecule has 0 aliphatic carbocycles. The normalized spacial score (nSPS) is 11.8. The monoisotopic (exact) mass is 849 g/mol. The van der Waals surface area contributed by atoms with E-state index < -0.39 is 0 Å². The van der Waals surface area contributed by atoms with Gasteiger partial charge in [0.15, 0.2) is 0 Å². The molecule has 0 bridgehead atoms. The molecule has 6 nitrogen and oxygen atoms in total. The van der Waals surface area contributed by atoms with Crippen LogP contribution in [-0.4, -0.2) is 24.2 Å². The van der Waals surface area contributed by atoms with Gasteiger partial charge in [-0.1, -0.05) is 164 Å². The molecule has 1 rings (SSSR count). The number of esters is 2. The topological polar surface area (TPSA) is 82.1 Å². The number of phenolic OH excluding ortho intramolecular Hbond substituents is 1. The predicted octanol–water partition coefficient (Wildman–Crippen LogP) is 16.8. The molecule has 348 valence electrons. The Bertz CT molecular complexity index is 1380. The number of carbonyl (C=O) groups excluding carboxylic acids is 2. The molecule has 0 fully saturated rings. The first-order valence-corrected chi connectivity index (χ1v) is 25.0. The van der Waals surface area contributed by atoms with E-state index in [9.17, 15) is 14.7 Å². The van der Waals surface area contributed by atoms with Crippen LogP contribution in [0.3, 0.4) is 0 Å². The summed E-state index contributed by atoms with van der Waals surface area (Å²) < 4.78 is 17.2. The first-order valence-electron chi connectivity index (χ1n) is 25.0. The Balaban J connectivity index is 2.64. The molecule has 61 heavy (non-hydrogen) atoms. The standard InChI is InChI=1S/C55H92O6/c1-7-9-11-13-15-17-19-21-23-25-27-29-31-33-35-40-53(56)60-45-49-44-52(59-6)50(43-42-48(5)39-37-38-47(3)4)55(58)51(49)46-61-54(57)41-36-34-32-30-28-26-24-22-20-18-16-14-12-10-8-2/h21-24,38,42,44,58H,7-20,25-37,39-41,43,45-46H2,1-6H3/b23-21-,24-22-,48-42+. The number of methoxy groups -OCH3 is 1. The molecule has 0 aromatic heterocycles. The van der Waals surface area contributed by atoms with Crippen molar-refractivity contribution in [1.29, 1.82) is 0 Å². The van der Waals surface area contributed by atoms with E-state index >= 15 is 0 Å². The average molecular weight is 849 g/mol. The van der Waals surface area contributed by atoms with Crippen LogP contribution in [0.5, 0.6) is 11.5 Å². The number of ether oxygens (including phenoxy) is 3. The van der Waals surface area contributed by atoms with Crippen molar-refractivity contribution in [1.82, 2.24) is 0 Å². The number of hydrogen-bond acceptors (Lipinski definition) is 6. The summed E-state index contributed by atoms with van der Waals surface area (Å²) in [6.07, 6.45) is 48.1. The highest BCUT2D eigenvalue weighted by Crippen LogP contribution is 2.36. The highest BCUT2D eigenvalue weighted by Gasteiger charge is 2.20. The fourth-order valence-corrected chi connectivity index (χ4v) is 7.55. The Morgan fingerprint density at radius 2 is 0.951 bits per heavy atom. The zero-order valence-corrected chi connectivity index (χ0v) is 40.4. The van der Waals surface area contributed by atoms with Crippen LogP contribution in [0, 0.1) is 0 Å². The van der Waals surface area contributed by atoms with E-state index in [1.807, 2.05) is 6.07 Å². The van der Waals surface area contributed by atoms with Gasteiger partial charge in [0.1, 0.15) is 24.7 Å². The fourth-order valence-electron chi connectivity index (χ4n) is 7.55. The number of allylic oxidation sites excluding steroid dienone is 8. The summed E-state index contributed by atoms with van der Waals surface area (Å²) in [5.41, 5.74) is 4.22. The molecule has 0 radical (unpaired) electrons. The Hall–Kier alpha value is -3.28. The second-order valence-corrected chi connectivity index (χ2v) is 17.6. The minimum absolute atomic E-state index is 0.0210. The lowest BCUT2D eigenvalue weighted by Gasteiger charge is -2.18. The number of carbonyl (C=O) groups is 2. The Labute approximate surface area is 375 Å². The van der Waals surface area contributed by atoms with Gasteiger partial charge in [-0.05, 0) is 110 Å². The fraction of sp³-hybridized carbons (Fsp3) is 0.709. The molecule has 0 aliphatic heterocycles. The van der Waals surface area contributed by atoms with Gasteiger partial charge in [-0.2, -0.15) is 0 Å². The molecular formula is C55H92O6. The summed E-state index contributed by atoms with van der Waals surface area (Å²) in [6.45, 7) is 10.7. The van der Waals surface area contributed by atoms with Crippen molar-refractivity contribution in [2.24, 2.45) is 0 Å². The van der Waals surface area contributed by atoms with Gasteiger partial charge in [0.05, 0.1) is 7.11 Å². The number of hydrogen-bond donors (Lipinski definition) is 1. The molecular weight excluding hydrogens is 757 g/mol. The lowest BCUT2D eigenvalue weighted by molar-refractivity contribution is -0.146. The third kappa shape index (κ3) is 31.3. The lowest BCUT2D eigenvalue weighted by atomic mass is 9.98. The van der Waals surface area contributed by atoms with Crippen molar-refractivity contribution in [2.45, 2.75) is 247 Å². The van der Waals surface area contributed by atoms with Crippen molar-refractivity contribution in [3.63, 3.8) is 0 Å². The van der Waals surface area contributed by atoms with E-state index in [2.05, 4.69) is 71.1 Å². The molecule has 0 saturated heterocycles. The third-order valence-corrected chi connectivity index (χ3v) is 11.6. The third-order valence-electron chi connectivity index (χ3n) is 11.6. The van der Waals surface area contributed by atoms with Crippen molar-refractivity contribution >= 4 is 11.9 Å². The van der Waals surface area contributed by atoms with Gasteiger partial charge < -0.3 is 19.3 Å². The van der Waals surface area contributed by atoms with Crippen LogP contribution in [0.15, 0.2) is 53.7 Å². The van der Waals surface area contributed by atoms with Gasteiger partial charge in [0.2, 0.25) is 0 Å². The predicted molar refractivity (Wildman–Crippen MR) is 259 cm³/mol. The van der Waals surface area contributed by atoms with Crippen molar-refractivity contribution in [3.8, 4) is 11.5 Å². The Kier molecular flexibility index (Phi) is 36.1. The van der Waals surface area contributed by atoms with E-state index in [4.69, 9.17) is 14.2 Å². The van der Waals surface area contributed by atoms with Gasteiger partial charge in [-0.15, -0.1) is 0 Å². The van der Waals surface area contributed by atoms with Gasteiger partial charge >= 0.3 is 11.9 Å². The Morgan fingerprint density at radius 3 is 1.39 bits per heavy atom. The van der Waals surface area contributed by atoms with Crippen molar-refractivity contribution in [3.05, 3.63) is 70.4 Å². The second-order valence-electron chi connectivity index (χ2n) is 17.6. The maximum absolute atomic E-state index is 12.9. The van der Waals surface area contributed by atoms with Crippen LogP contribution in [0.4, 0.5) is 0 Å². The summed E-state index contributed by atoms with van der Waals surface area (Å²) in [6, 6.07) is 1.82. The van der Waals surface area contributed by atoms with Crippen LogP contribution in [0.2, 0.25) is 0 Å². The molecule has 0 aliphatic rings. The van der Waals surface area contributed by atoms with Crippen LogP contribution in [0.1, 0.15) is 244 Å². The molecule has 1 aromatic rings. The summed E-state index contributed by atoms with van der Waals surface area (Å²) >= 11 is 0. The molecule has 0 saturated carbocycles. The first-order chi connectivity index (χ1) is 29.7. The maximum atomic E-state index is 12.9. The number of phenols is 1. The van der Waals surface area contributed by atoms with Crippen LogP contribution < -0.4 is 4.74 Å². The van der Waals surface area contributed by atoms with E-state index in [0.29, 0.717) is 41.7 Å². The second kappa shape index (κ2) is 39.6. The van der Waals surface area contributed by atoms with Gasteiger partial charge in [-0.25, -0.2) is 0 Å². The summed E-state index contributed by atoms with van der Waals surface area (Å²) in [7, 11) is 1.58. The van der Waals surface area contributed by atoms with Gasteiger partial charge in [-0.3, -0.25) is 9.59 Å². The summed E-state index contributed by atoms with van der Waals surface area (Å²) in [5.74, 6) is 0.0149. The van der Waals surface area contributed by atoms with E-state index in [1.165, 1.54) is 127 Å². The van der Waals surface area contributed by atoms with Gasteiger partial charge in [0.25, 0.3) is 0 Å². The zero-order valence-electron chi connectivity index (χ0n) is 40.4. The van der Waals surface area contributed by atoms with E-state index in [-0.39, 0.29) is 30.9 Å². The van der Waals surface area contributed by atoms with Crippen LogP contribution in [-0.2, 0) is 38.7 Å². The molecule has 0 heterocycles. The average Bonchev–Trinajstić information content (AvgIpc) is 3.24. The zero-order chi connectivity index (χ0) is 44.6. The highest BCUT2D eigenvalue weighted by atomic mass is 16.5. The number of aromatic hydroxyl groups is 1. The van der Waals surface area contributed by atoms with Gasteiger partial charge in [0, 0.05) is 29.5 Å². The lowest BCUT2D eigenvalue weighted by Crippen LogP contribution is -2.10. The number of benzene rings is 1. The SMILES string of the molecule is CCCCCCCC/C=C\CCCCCCCC(=O)OCc1cc(OC)c(C/C=C(\C)CCC=C(C)C)c(O)c1COC(=O)CCCCCCC/C=C\CCCCCCCC. The molecule has 1 N–H and O–H groups in total. The van der Waals surface area contributed by atoms with Crippen molar-refractivity contribution < 1.29 is 28.9 Å². The molecule has 0 atom stereocenters. The van der Waals surface area contributed by atoms with Crippen LogP contribution >= 0.6 is 0 Å². The molecule has 0 spiro atoms. The smallest absolute Gasteiger partial charge is 0.306 e. The minimum atomic E-state index is -0.281. The van der Waals surface area contributed by atoms with E-state index in [0.717, 1.165) is 64.2 Å². The molecule has 6 heteroatoms. The number of rotatable bonds is 40. The Morgan fingerprint density at radius 1 is 0.525 bits per heavy atom. The number of unbranched alkanes of at least 4 members (excludes halogenated alkanes) is 22. The quantitative estimate of drug-likeness (QED) is 0.0402. The minimum Gasteiger partial charge on any atom is -0.507 e. The largest absolute Gasteiger partial charge is 0.507 e. The molecule has 0 unspecified atom stereocenters. The maximum Gasteiger partial charge on any atom is 0.306 e. The van der Waals surface area contributed by atoms with E-state index in [1.54, 1.807) is 7.11 Å². The molecule has 0 amide bonds. The summed E-state index contributed by atoms with van der Waals surface area (Å²) in [4.78, 5) is 25.7. The summed E-state index contributed by atoms with van der Waals surface area (Å²) in [5, 5.41) is 11.6. The molecule has 1 aromatic carbocycles. The van der Waals surface area contributed by atoms with Crippen LogP contribution in [0.25, 0.3) is 0 Å².